The standard InChI is InChI=1S/C22H18N4O2/c23-15-9-19-13(7-21(15)27)5-17(25-19)11-1-2-12(4-3-11)18-6-14-8-22(28)16(24)10-20(14)26-18/h1-4,7-10,27-28H,5-6,23-24H2. The van der Waals surface area contributed by atoms with Crippen molar-refractivity contribution in [1.29, 1.82) is 0 Å². The Morgan fingerprint density at radius 3 is 1.43 bits per heavy atom. The maximum atomic E-state index is 9.79. The zero-order chi connectivity index (χ0) is 19.4. The molecule has 0 saturated heterocycles. The number of nitrogen functional groups attached to an aromatic ring is 2. The van der Waals surface area contributed by atoms with Gasteiger partial charge in [0.25, 0.3) is 0 Å². The molecule has 0 radical (unpaired) electrons. The van der Waals surface area contributed by atoms with Gasteiger partial charge in [-0.3, -0.25) is 9.98 Å². The fraction of sp³-hybridized carbons (Fsp3) is 0.0909. The van der Waals surface area contributed by atoms with Gasteiger partial charge in [-0.15, -0.1) is 0 Å². The molecule has 0 amide bonds. The van der Waals surface area contributed by atoms with Crippen molar-refractivity contribution in [2.75, 3.05) is 11.5 Å². The zero-order valence-electron chi connectivity index (χ0n) is 15.0. The van der Waals surface area contributed by atoms with Crippen LogP contribution in [-0.2, 0) is 12.8 Å². The van der Waals surface area contributed by atoms with Gasteiger partial charge in [-0.25, -0.2) is 0 Å². The molecule has 5 rings (SSSR count). The van der Waals surface area contributed by atoms with Gasteiger partial charge in [0, 0.05) is 12.8 Å². The smallest absolute Gasteiger partial charge is 0.138 e. The maximum absolute atomic E-state index is 9.79. The zero-order valence-corrected chi connectivity index (χ0v) is 15.0. The Morgan fingerprint density at radius 1 is 0.643 bits per heavy atom. The molecule has 3 aromatic carbocycles. The molecule has 0 aromatic heterocycles. The van der Waals surface area contributed by atoms with Crippen molar-refractivity contribution in [1.82, 2.24) is 0 Å². The molecule has 138 valence electrons. The van der Waals surface area contributed by atoms with Crippen molar-refractivity contribution < 1.29 is 10.2 Å². The van der Waals surface area contributed by atoms with Crippen LogP contribution in [0, 0.1) is 0 Å². The van der Waals surface area contributed by atoms with Crippen LogP contribution >= 0.6 is 0 Å². The van der Waals surface area contributed by atoms with Gasteiger partial charge in [-0.2, -0.15) is 0 Å². The molecule has 0 unspecified atom stereocenters. The lowest BCUT2D eigenvalue weighted by atomic mass is 9.99. The highest BCUT2D eigenvalue weighted by Crippen LogP contribution is 2.37. The van der Waals surface area contributed by atoms with Gasteiger partial charge in [0.05, 0.1) is 34.2 Å². The van der Waals surface area contributed by atoms with Gasteiger partial charge < -0.3 is 21.7 Å². The summed E-state index contributed by atoms with van der Waals surface area (Å²) in [5.41, 5.74) is 19.7. The van der Waals surface area contributed by atoms with Crippen molar-refractivity contribution in [2.45, 2.75) is 12.8 Å². The van der Waals surface area contributed by atoms with Crippen LogP contribution in [0.5, 0.6) is 11.5 Å². The molecule has 0 bridgehead atoms. The molecule has 0 aliphatic carbocycles. The summed E-state index contributed by atoms with van der Waals surface area (Å²) >= 11 is 0. The number of benzene rings is 3. The summed E-state index contributed by atoms with van der Waals surface area (Å²) in [6, 6.07) is 14.9. The van der Waals surface area contributed by atoms with Crippen LogP contribution in [-0.4, -0.2) is 21.6 Å². The summed E-state index contributed by atoms with van der Waals surface area (Å²) in [5.74, 6) is 0.187. The number of nitrogens with zero attached hydrogens (tertiary/aromatic N) is 2. The molecule has 6 N–H and O–H groups in total. The molecular formula is C22H18N4O2. The van der Waals surface area contributed by atoms with Crippen LogP contribution in [0.4, 0.5) is 22.7 Å². The first kappa shape index (κ1) is 16.4. The first-order valence-corrected chi connectivity index (χ1v) is 8.96. The summed E-state index contributed by atoms with van der Waals surface area (Å²) in [6.45, 7) is 0. The molecule has 0 atom stereocenters. The predicted molar refractivity (Wildman–Crippen MR) is 111 cm³/mol. The number of aromatic hydroxyl groups is 2. The summed E-state index contributed by atoms with van der Waals surface area (Å²) in [5, 5.41) is 19.6. The number of anilines is 2. The SMILES string of the molecule is Nc1cc2c(cc1O)CC(c1ccc(C3=Nc4cc(N)c(O)cc4C3)cc1)=N2. The number of phenolic OH excluding ortho intramolecular Hbond substituents is 2. The van der Waals surface area contributed by atoms with Crippen molar-refractivity contribution in [3.05, 3.63) is 70.8 Å². The number of nitrogens with two attached hydrogens (primary N) is 2. The third-order valence-corrected chi connectivity index (χ3v) is 5.23. The van der Waals surface area contributed by atoms with Crippen LogP contribution in [0.25, 0.3) is 0 Å². The Labute approximate surface area is 161 Å². The third-order valence-electron chi connectivity index (χ3n) is 5.23. The minimum atomic E-state index is 0.0935. The molecule has 3 aromatic rings. The van der Waals surface area contributed by atoms with Gasteiger partial charge in [-0.05, 0) is 46.5 Å². The second-order valence-electron chi connectivity index (χ2n) is 7.13. The lowest BCUT2D eigenvalue weighted by Gasteiger charge is -2.04. The Morgan fingerprint density at radius 2 is 1.04 bits per heavy atom. The van der Waals surface area contributed by atoms with E-state index in [0.29, 0.717) is 24.2 Å². The van der Waals surface area contributed by atoms with Crippen molar-refractivity contribution in [3.63, 3.8) is 0 Å². The number of fused-ring (bicyclic) bond motifs is 2. The molecule has 28 heavy (non-hydrogen) atoms. The van der Waals surface area contributed by atoms with E-state index in [9.17, 15) is 10.2 Å². The average Bonchev–Trinajstić information content (AvgIpc) is 3.26. The molecule has 6 nitrogen and oxygen atoms in total. The molecular weight excluding hydrogens is 352 g/mol. The fourth-order valence-electron chi connectivity index (χ4n) is 3.68. The van der Waals surface area contributed by atoms with Crippen LogP contribution in [0.2, 0.25) is 0 Å². The highest BCUT2D eigenvalue weighted by Gasteiger charge is 2.20. The molecule has 0 saturated carbocycles. The van der Waals surface area contributed by atoms with Gasteiger partial charge >= 0.3 is 0 Å². The van der Waals surface area contributed by atoms with Gasteiger partial charge in [0.2, 0.25) is 0 Å². The van der Waals surface area contributed by atoms with E-state index in [1.165, 1.54) is 0 Å². The lowest BCUT2D eigenvalue weighted by Crippen LogP contribution is -2.03. The number of phenols is 2. The normalized spacial score (nSPS) is 14.4. The van der Waals surface area contributed by atoms with Gasteiger partial charge in [0.15, 0.2) is 0 Å². The van der Waals surface area contributed by atoms with Crippen LogP contribution in [0.15, 0.2) is 58.5 Å². The second-order valence-corrected chi connectivity index (χ2v) is 7.13. The molecule has 0 fully saturated rings. The van der Waals surface area contributed by atoms with E-state index < -0.39 is 0 Å². The minimum absolute atomic E-state index is 0.0935. The quantitative estimate of drug-likeness (QED) is 0.407. The van der Waals surface area contributed by atoms with Crippen molar-refractivity contribution in [3.8, 4) is 11.5 Å². The summed E-state index contributed by atoms with van der Waals surface area (Å²) in [4.78, 5) is 9.31. The second kappa shape index (κ2) is 5.85. The highest BCUT2D eigenvalue weighted by atomic mass is 16.3. The van der Waals surface area contributed by atoms with Crippen molar-refractivity contribution in [2.24, 2.45) is 9.98 Å². The van der Waals surface area contributed by atoms with E-state index in [1.807, 2.05) is 24.3 Å². The number of aliphatic imine (C=N–C) groups is 2. The Balaban J connectivity index is 1.40. The molecule has 2 heterocycles. The lowest BCUT2D eigenvalue weighted by molar-refractivity contribution is 0.477. The summed E-state index contributed by atoms with van der Waals surface area (Å²) in [7, 11) is 0. The van der Waals surface area contributed by atoms with E-state index in [2.05, 4.69) is 9.98 Å². The maximum Gasteiger partial charge on any atom is 0.138 e. The first-order chi connectivity index (χ1) is 13.5. The number of rotatable bonds is 2. The molecule has 2 aliphatic rings. The van der Waals surface area contributed by atoms with E-state index in [-0.39, 0.29) is 11.5 Å². The Hall–Kier alpha value is -3.80. The predicted octanol–water partition coefficient (Wildman–Crippen LogP) is 3.62. The Bertz CT molecular complexity index is 1100. The average molecular weight is 370 g/mol. The van der Waals surface area contributed by atoms with Crippen LogP contribution in [0.3, 0.4) is 0 Å². The van der Waals surface area contributed by atoms with Crippen LogP contribution in [0.1, 0.15) is 22.3 Å². The van der Waals surface area contributed by atoms with Crippen LogP contribution < -0.4 is 11.5 Å². The van der Waals surface area contributed by atoms with E-state index in [0.717, 1.165) is 45.1 Å². The fourth-order valence-corrected chi connectivity index (χ4v) is 3.68. The first-order valence-electron chi connectivity index (χ1n) is 8.96. The summed E-state index contributed by atoms with van der Waals surface area (Å²) < 4.78 is 0. The Kier molecular flexibility index (Phi) is 3.42. The minimum Gasteiger partial charge on any atom is -0.506 e. The summed E-state index contributed by atoms with van der Waals surface area (Å²) in [6.07, 6.45) is 1.32. The van der Waals surface area contributed by atoms with E-state index in [1.54, 1.807) is 24.3 Å². The highest BCUT2D eigenvalue weighted by molar-refractivity contribution is 6.09. The largest absolute Gasteiger partial charge is 0.506 e. The third kappa shape index (κ3) is 2.58. The molecule has 2 aliphatic heterocycles. The van der Waals surface area contributed by atoms with E-state index >= 15 is 0 Å². The topological polar surface area (TPSA) is 117 Å². The number of hydrogen-bond acceptors (Lipinski definition) is 6. The van der Waals surface area contributed by atoms with Crippen molar-refractivity contribution >= 4 is 34.2 Å². The van der Waals surface area contributed by atoms with Gasteiger partial charge in [0.1, 0.15) is 11.5 Å². The van der Waals surface area contributed by atoms with Gasteiger partial charge in [-0.1, -0.05) is 24.3 Å². The molecule has 0 spiro atoms. The monoisotopic (exact) mass is 370 g/mol. The number of hydrogen-bond donors (Lipinski definition) is 4. The molecule has 6 heteroatoms. The van der Waals surface area contributed by atoms with E-state index in [4.69, 9.17) is 11.5 Å².